The second kappa shape index (κ2) is 8.20. The lowest BCUT2D eigenvalue weighted by atomic mass is 10.0. The number of carbonyl (C=O) groups is 1. The Bertz CT molecular complexity index is 1020. The van der Waals surface area contributed by atoms with Crippen LogP contribution in [0.1, 0.15) is 28.4 Å². The minimum absolute atomic E-state index is 0. The fraction of sp³-hybridized carbons (Fsp3) is 0.200. The number of carbonyl (C=O) groups excluding carboxylic acids is 1. The van der Waals surface area contributed by atoms with Crippen molar-refractivity contribution in [1.29, 1.82) is 0 Å². The normalized spacial score (nSPS) is 16.3. The van der Waals surface area contributed by atoms with Crippen LogP contribution in [-0.2, 0) is 24.1 Å². The lowest BCUT2D eigenvalue weighted by molar-refractivity contribution is -0.138. The second-order valence-corrected chi connectivity index (χ2v) is 7.55. The Morgan fingerprint density at radius 2 is 1.86 bits per heavy atom. The molecule has 0 radical (unpaired) electrons. The summed E-state index contributed by atoms with van der Waals surface area (Å²) in [7, 11) is 0. The maximum atomic E-state index is 13.2. The van der Waals surface area contributed by atoms with Gasteiger partial charge in [-0.3, -0.25) is 4.79 Å². The highest BCUT2D eigenvalue weighted by Crippen LogP contribution is 2.32. The van der Waals surface area contributed by atoms with Gasteiger partial charge in [0.15, 0.2) is 0 Å². The quantitative estimate of drug-likeness (QED) is 0.509. The van der Waals surface area contributed by atoms with Crippen molar-refractivity contribution in [2.24, 2.45) is 0 Å². The van der Waals surface area contributed by atoms with Crippen LogP contribution in [0.4, 0.5) is 13.2 Å². The fourth-order valence-electron chi connectivity index (χ4n) is 3.39. The number of imidazole rings is 1. The number of aromatic nitrogens is 2. The van der Waals surface area contributed by atoms with E-state index in [4.69, 9.17) is 0 Å². The summed E-state index contributed by atoms with van der Waals surface area (Å²) in [6, 6.07) is 11.8. The maximum Gasteiger partial charge on any atom is 0.416 e. The third-order valence-corrected chi connectivity index (χ3v) is 5.24. The Kier molecular flexibility index (Phi) is 6.05. The first-order valence-electron chi connectivity index (χ1n) is 8.54. The van der Waals surface area contributed by atoms with Crippen molar-refractivity contribution >= 4 is 34.2 Å². The van der Waals surface area contributed by atoms with Crippen molar-refractivity contribution in [2.75, 3.05) is 0 Å². The molecule has 0 saturated heterocycles. The number of hydrogen-bond acceptors (Lipinski definition) is 2. The molecule has 1 aliphatic heterocycles. The molecule has 1 aliphatic rings. The van der Waals surface area contributed by atoms with Gasteiger partial charge in [0.05, 0.1) is 24.1 Å². The van der Waals surface area contributed by atoms with Gasteiger partial charge in [0.25, 0.3) is 5.91 Å². The van der Waals surface area contributed by atoms with E-state index < -0.39 is 17.8 Å². The summed E-state index contributed by atoms with van der Waals surface area (Å²) in [6.45, 7) is 0.580. The van der Waals surface area contributed by atoms with Gasteiger partial charge < -0.3 is 9.47 Å². The van der Waals surface area contributed by atoms with Gasteiger partial charge in [0.1, 0.15) is 6.04 Å². The molecule has 9 heteroatoms. The molecular weight excluding hydrogens is 471 g/mol. The molecule has 0 fully saturated rings. The van der Waals surface area contributed by atoms with Gasteiger partial charge in [-0.2, -0.15) is 13.2 Å². The van der Waals surface area contributed by atoms with Crippen LogP contribution in [0.25, 0.3) is 0 Å². The maximum absolute atomic E-state index is 13.2. The van der Waals surface area contributed by atoms with E-state index in [1.54, 1.807) is 17.4 Å². The Hall–Kier alpha value is -2.32. The zero-order valence-corrected chi connectivity index (χ0v) is 17.3. The molecule has 0 N–H and O–H groups in total. The Morgan fingerprint density at radius 1 is 1.14 bits per heavy atom. The summed E-state index contributed by atoms with van der Waals surface area (Å²) in [5, 5.41) is 0. The molecule has 3 aromatic rings. The van der Waals surface area contributed by atoms with E-state index in [1.807, 2.05) is 28.8 Å². The third-order valence-electron chi connectivity index (χ3n) is 4.74. The molecule has 29 heavy (non-hydrogen) atoms. The highest BCUT2D eigenvalue weighted by Gasteiger charge is 2.34. The van der Waals surface area contributed by atoms with Crippen molar-refractivity contribution in [1.82, 2.24) is 14.5 Å². The van der Waals surface area contributed by atoms with Gasteiger partial charge >= 0.3 is 6.18 Å². The molecule has 0 bridgehead atoms. The number of amides is 1. The van der Waals surface area contributed by atoms with E-state index in [0.29, 0.717) is 12.1 Å². The van der Waals surface area contributed by atoms with Crippen molar-refractivity contribution in [2.45, 2.75) is 25.3 Å². The molecule has 0 saturated carbocycles. The Labute approximate surface area is 179 Å². The first-order valence-corrected chi connectivity index (χ1v) is 9.33. The molecule has 1 amide bonds. The average molecular weight is 487 g/mol. The molecule has 1 unspecified atom stereocenters. The number of fused-ring (bicyclic) bond motifs is 1. The minimum Gasteiger partial charge on any atom is -0.330 e. The van der Waals surface area contributed by atoms with Crippen LogP contribution < -0.4 is 0 Å². The second-order valence-electron chi connectivity index (χ2n) is 6.64. The van der Waals surface area contributed by atoms with Gasteiger partial charge in [0.2, 0.25) is 0 Å². The van der Waals surface area contributed by atoms with Crippen LogP contribution in [0.2, 0.25) is 0 Å². The van der Waals surface area contributed by atoms with Crippen LogP contribution in [0.3, 0.4) is 0 Å². The van der Waals surface area contributed by atoms with Gasteiger partial charge in [-0.1, -0.05) is 40.2 Å². The van der Waals surface area contributed by atoms with E-state index in [2.05, 4.69) is 20.9 Å². The molecule has 0 aliphatic carbocycles. The Morgan fingerprint density at radius 3 is 2.52 bits per heavy atom. The zero-order chi connectivity index (χ0) is 19.9. The van der Waals surface area contributed by atoms with Crippen molar-refractivity contribution < 1.29 is 18.0 Å². The molecule has 4 nitrogen and oxygen atoms in total. The van der Waals surface area contributed by atoms with Crippen molar-refractivity contribution in [3.05, 3.63) is 87.9 Å². The summed E-state index contributed by atoms with van der Waals surface area (Å²) in [4.78, 5) is 19.0. The molecule has 1 aromatic heterocycles. The summed E-state index contributed by atoms with van der Waals surface area (Å²) >= 11 is 3.43. The topological polar surface area (TPSA) is 38.1 Å². The largest absolute Gasteiger partial charge is 0.416 e. The van der Waals surface area contributed by atoms with E-state index in [1.165, 1.54) is 12.1 Å². The van der Waals surface area contributed by atoms with Gasteiger partial charge in [-0.05, 0) is 35.4 Å². The van der Waals surface area contributed by atoms with Crippen LogP contribution in [0, 0.1) is 0 Å². The summed E-state index contributed by atoms with van der Waals surface area (Å²) < 4.78 is 41.0. The third kappa shape index (κ3) is 4.33. The lowest BCUT2D eigenvalue weighted by Gasteiger charge is -2.34. The monoisotopic (exact) mass is 485 g/mol. The predicted molar refractivity (Wildman–Crippen MR) is 107 cm³/mol. The molecule has 152 valence electrons. The molecule has 0 spiro atoms. The standard InChI is InChI=1S/C20H15BrF3N3O.ClH/c21-16-3-1-2-14(8-16)18-19(28)26(11-17-9-25-12-27(17)18)10-13-4-6-15(7-5-13)20(22,23)24;/h1-9,12,18H,10-11H2;1H. The zero-order valence-electron chi connectivity index (χ0n) is 14.9. The van der Waals surface area contributed by atoms with Gasteiger partial charge in [-0.25, -0.2) is 4.98 Å². The van der Waals surface area contributed by atoms with E-state index >= 15 is 0 Å². The van der Waals surface area contributed by atoms with Crippen molar-refractivity contribution in [3.63, 3.8) is 0 Å². The lowest BCUT2D eigenvalue weighted by Crippen LogP contribution is -2.42. The first kappa shape index (κ1) is 21.4. The number of alkyl halides is 3. The molecule has 1 atom stereocenters. The highest BCUT2D eigenvalue weighted by molar-refractivity contribution is 9.10. The molecular formula is C20H16BrClF3N3O. The molecule has 2 aromatic carbocycles. The number of nitrogens with zero attached hydrogens (tertiary/aromatic N) is 3. The van der Waals surface area contributed by atoms with E-state index in [-0.39, 0.29) is 24.9 Å². The van der Waals surface area contributed by atoms with Crippen molar-refractivity contribution in [3.8, 4) is 0 Å². The van der Waals surface area contributed by atoms with Gasteiger partial charge in [0, 0.05) is 17.2 Å². The number of benzene rings is 2. The smallest absolute Gasteiger partial charge is 0.330 e. The molecule has 4 rings (SSSR count). The van der Waals surface area contributed by atoms with Crippen LogP contribution in [0.15, 0.2) is 65.5 Å². The predicted octanol–water partition coefficient (Wildman–Crippen LogP) is 5.22. The van der Waals surface area contributed by atoms with Crippen LogP contribution in [0.5, 0.6) is 0 Å². The Balaban J connectivity index is 0.00000240. The van der Waals surface area contributed by atoms with Gasteiger partial charge in [-0.15, -0.1) is 12.4 Å². The van der Waals surface area contributed by atoms with Crippen LogP contribution >= 0.6 is 28.3 Å². The number of hydrogen-bond donors (Lipinski definition) is 0. The summed E-state index contributed by atoms with van der Waals surface area (Å²) in [6.07, 6.45) is -1.04. The first-order chi connectivity index (χ1) is 13.3. The minimum atomic E-state index is -4.38. The summed E-state index contributed by atoms with van der Waals surface area (Å²) in [5.41, 5.74) is 1.63. The summed E-state index contributed by atoms with van der Waals surface area (Å²) in [5.74, 6) is -0.122. The number of rotatable bonds is 3. The fourth-order valence-corrected chi connectivity index (χ4v) is 3.80. The van der Waals surface area contributed by atoms with E-state index in [9.17, 15) is 18.0 Å². The highest BCUT2D eigenvalue weighted by atomic mass is 79.9. The SMILES string of the molecule is Cl.O=C1C(c2cccc(Br)c2)n2cncc2CN1Cc1ccc(C(F)(F)F)cc1. The molecule has 2 heterocycles. The average Bonchev–Trinajstić information content (AvgIpc) is 3.10. The van der Waals surface area contributed by atoms with E-state index in [0.717, 1.165) is 27.9 Å². The number of halogens is 5. The van der Waals surface area contributed by atoms with Crippen LogP contribution in [-0.4, -0.2) is 20.4 Å².